The van der Waals surface area contributed by atoms with Crippen molar-refractivity contribution in [2.75, 3.05) is 18.4 Å². The Morgan fingerprint density at radius 2 is 2.09 bits per heavy atom. The Balaban J connectivity index is 2.04. The van der Waals surface area contributed by atoms with E-state index in [9.17, 15) is 4.79 Å². The summed E-state index contributed by atoms with van der Waals surface area (Å²) in [5.41, 5.74) is 7.96. The van der Waals surface area contributed by atoms with Crippen molar-refractivity contribution in [1.82, 2.24) is 4.90 Å². The molecule has 0 aromatic heterocycles. The fraction of sp³-hybridized carbons (Fsp3) is 0.611. The zero-order valence-corrected chi connectivity index (χ0v) is 14.0. The van der Waals surface area contributed by atoms with E-state index in [-0.39, 0.29) is 11.8 Å². The normalized spacial score (nSPS) is 20.8. The second kappa shape index (κ2) is 7.63. The summed E-state index contributed by atoms with van der Waals surface area (Å²) >= 11 is 0. The van der Waals surface area contributed by atoms with Gasteiger partial charge in [0.25, 0.3) is 0 Å². The number of anilines is 1. The zero-order valence-electron chi connectivity index (χ0n) is 14.0. The van der Waals surface area contributed by atoms with Crippen LogP contribution in [0.3, 0.4) is 0 Å². The molecule has 122 valence electrons. The van der Waals surface area contributed by atoms with E-state index in [0.29, 0.717) is 12.0 Å². The van der Waals surface area contributed by atoms with Crippen LogP contribution < -0.4 is 11.1 Å². The Bertz CT molecular complexity index is 501. The lowest BCUT2D eigenvalue weighted by atomic mass is 9.97. The molecule has 1 fully saturated rings. The molecule has 0 radical (unpaired) electrons. The zero-order chi connectivity index (χ0) is 16.1. The van der Waals surface area contributed by atoms with Gasteiger partial charge in [0.2, 0.25) is 5.91 Å². The summed E-state index contributed by atoms with van der Waals surface area (Å²) in [5.74, 6) is 0.426. The number of hydrogen-bond acceptors (Lipinski definition) is 3. The third kappa shape index (κ3) is 4.47. The maximum absolute atomic E-state index is 11.4. The minimum absolute atomic E-state index is 0.00320. The summed E-state index contributed by atoms with van der Waals surface area (Å²) in [5, 5.41) is 3.62. The number of benzene rings is 1. The first-order chi connectivity index (χ1) is 10.5. The molecule has 0 aliphatic carbocycles. The van der Waals surface area contributed by atoms with Crippen LogP contribution in [-0.2, 0) is 11.3 Å². The molecule has 0 saturated carbocycles. The van der Waals surface area contributed by atoms with Gasteiger partial charge in [0.1, 0.15) is 0 Å². The van der Waals surface area contributed by atoms with Crippen LogP contribution in [-0.4, -0.2) is 29.9 Å². The predicted molar refractivity (Wildman–Crippen MR) is 91.6 cm³/mol. The average molecular weight is 303 g/mol. The summed E-state index contributed by atoms with van der Waals surface area (Å²) in [6, 6.07) is 8.89. The Labute approximate surface area is 134 Å². The number of nitrogens with zero attached hydrogens (tertiary/aromatic N) is 1. The number of hydrogen-bond donors (Lipinski definition) is 2. The van der Waals surface area contributed by atoms with Crippen LogP contribution in [0.1, 0.15) is 39.2 Å². The van der Waals surface area contributed by atoms with E-state index in [1.165, 1.54) is 11.3 Å². The highest BCUT2D eigenvalue weighted by Crippen LogP contribution is 2.23. The molecule has 3 N–H and O–H groups in total. The van der Waals surface area contributed by atoms with E-state index in [1.54, 1.807) is 0 Å². The van der Waals surface area contributed by atoms with Gasteiger partial charge in [0.15, 0.2) is 0 Å². The summed E-state index contributed by atoms with van der Waals surface area (Å²) in [7, 11) is 0. The standard InChI is InChI=1S/C18H29N3O/c1-13(2)14(3)20-17-9-5-4-7-15(17)11-21-10-6-8-16(12-21)18(19)22/h4-5,7,9,13-14,16,20H,6,8,10-12H2,1-3H3,(H2,19,22)/t14-,16+/m1/s1. The molecule has 1 heterocycles. The molecule has 4 heteroatoms. The lowest BCUT2D eigenvalue weighted by molar-refractivity contribution is -0.123. The van der Waals surface area contributed by atoms with Gasteiger partial charge in [0.05, 0.1) is 5.92 Å². The highest BCUT2D eigenvalue weighted by Gasteiger charge is 2.24. The number of amides is 1. The monoisotopic (exact) mass is 303 g/mol. The number of nitrogens with one attached hydrogen (secondary N) is 1. The van der Waals surface area contributed by atoms with Crippen LogP contribution in [0.25, 0.3) is 0 Å². The molecule has 1 amide bonds. The first-order valence-corrected chi connectivity index (χ1v) is 8.33. The van der Waals surface area contributed by atoms with Crippen molar-refractivity contribution in [2.24, 2.45) is 17.6 Å². The van der Waals surface area contributed by atoms with Crippen LogP contribution in [0.4, 0.5) is 5.69 Å². The van der Waals surface area contributed by atoms with Gasteiger partial charge in [-0.2, -0.15) is 0 Å². The Morgan fingerprint density at radius 3 is 2.77 bits per heavy atom. The van der Waals surface area contributed by atoms with Crippen LogP contribution in [0.2, 0.25) is 0 Å². The largest absolute Gasteiger partial charge is 0.382 e. The second-order valence-corrected chi connectivity index (χ2v) is 6.81. The van der Waals surface area contributed by atoms with Gasteiger partial charge in [-0.1, -0.05) is 32.0 Å². The SMILES string of the molecule is CC(C)[C@@H](C)Nc1ccccc1CN1CCC[C@H](C(N)=O)C1. The molecule has 2 rings (SSSR count). The molecule has 4 nitrogen and oxygen atoms in total. The summed E-state index contributed by atoms with van der Waals surface area (Å²) in [6.07, 6.45) is 1.97. The van der Waals surface area contributed by atoms with Crippen molar-refractivity contribution in [1.29, 1.82) is 0 Å². The number of para-hydroxylation sites is 1. The van der Waals surface area contributed by atoms with Crippen LogP contribution in [0, 0.1) is 11.8 Å². The molecule has 0 bridgehead atoms. The van der Waals surface area contributed by atoms with E-state index in [2.05, 4.69) is 55.3 Å². The third-order valence-corrected chi connectivity index (χ3v) is 4.70. The molecule has 2 atom stereocenters. The smallest absolute Gasteiger partial charge is 0.221 e. The molecule has 1 saturated heterocycles. The maximum Gasteiger partial charge on any atom is 0.221 e. The third-order valence-electron chi connectivity index (χ3n) is 4.70. The van der Waals surface area contributed by atoms with Crippen LogP contribution in [0.15, 0.2) is 24.3 Å². The highest BCUT2D eigenvalue weighted by atomic mass is 16.1. The van der Waals surface area contributed by atoms with Gasteiger partial charge in [-0.3, -0.25) is 9.69 Å². The van der Waals surface area contributed by atoms with Crippen molar-refractivity contribution in [3.8, 4) is 0 Å². The minimum atomic E-state index is -0.162. The Hall–Kier alpha value is -1.55. The van der Waals surface area contributed by atoms with Crippen LogP contribution in [0.5, 0.6) is 0 Å². The number of primary amides is 1. The minimum Gasteiger partial charge on any atom is -0.382 e. The summed E-state index contributed by atoms with van der Waals surface area (Å²) in [6.45, 7) is 9.36. The van der Waals surface area contributed by atoms with Gasteiger partial charge in [0, 0.05) is 24.8 Å². The van der Waals surface area contributed by atoms with Crippen molar-refractivity contribution >= 4 is 11.6 Å². The second-order valence-electron chi connectivity index (χ2n) is 6.81. The van der Waals surface area contributed by atoms with Crippen molar-refractivity contribution in [2.45, 2.75) is 46.2 Å². The quantitative estimate of drug-likeness (QED) is 0.849. The lowest BCUT2D eigenvalue weighted by Gasteiger charge is -2.32. The van der Waals surface area contributed by atoms with E-state index >= 15 is 0 Å². The van der Waals surface area contributed by atoms with Gasteiger partial charge in [-0.15, -0.1) is 0 Å². The molecule has 0 spiro atoms. The molecule has 22 heavy (non-hydrogen) atoms. The number of rotatable bonds is 6. The van der Waals surface area contributed by atoms with Gasteiger partial charge in [-0.25, -0.2) is 0 Å². The predicted octanol–water partition coefficient (Wildman–Crippen LogP) is 2.84. The number of carbonyl (C=O) groups is 1. The fourth-order valence-electron chi connectivity index (χ4n) is 2.88. The molecule has 0 unspecified atom stereocenters. The van der Waals surface area contributed by atoms with Crippen LogP contribution >= 0.6 is 0 Å². The Morgan fingerprint density at radius 1 is 1.36 bits per heavy atom. The van der Waals surface area contributed by atoms with Crippen molar-refractivity contribution in [3.63, 3.8) is 0 Å². The molecular weight excluding hydrogens is 274 g/mol. The number of carbonyl (C=O) groups excluding carboxylic acids is 1. The molecule has 1 aliphatic rings. The molecule has 1 aromatic carbocycles. The van der Waals surface area contributed by atoms with Gasteiger partial charge in [-0.05, 0) is 43.9 Å². The number of piperidine rings is 1. The van der Waals surface area contributed by atoms with E-state index in [1.807, 2.05) is 0 Å². The Kier molecular flexibility index (Phi) is 5.83. The summed E-state index contributed by atoms with van der Waals surface area (Å²) < 4.78 is 0. The number of nitrogens with two attached hydrogens (primary N) is 1. The molecule has 1 aromatic rings. The van der Waals surface area contributed by atoms with E-state index < -0.39 is 0 Å². The van der Waals surface area contributed by atoms with Gasteiger partial charge >= 0.3 is 0 Å². The van der Waals surface area contributed by atoms with E-state index in [4.69, 9.17) is 5.73 Å². The first kappa shape index (κ1) is 16.8. The highest BCUT2D eigenvalue weighted by molar-refractivity contribution is 5.76. The maximum atomic E-state index is 11.4. The first-order valence-electron chi connectivity index (χ1n) is 8.33. The van der Waals surface area contributed by atoms with Crippen molar-refractivity contribution < 1.29 is 4.79 Å². The number of likely N-dealkylation sites (tertiary alicyclic amines) is 1. The summed E-state index contributed by atoms with van der Waals surface area (Å²) in [4.78, 5) is 13.8. The van der Waals surface area contributed by atoms with E-state index in [0.717, 1.165) is 32.5 Å². The topological polar surface area (TPSA) is 58.4 Å². The molecule has 1 aliphatic heterocycles. The fourth-order valence-corrected chi connectivity index (χ4v) is 2.88. The van der Waals surface area contributed by atoms with Crippen molar-refractivity contribution in [3.05, 3.63) is 29.8 Å². The lowest BCUT2D eigenvalue weighted by Crippen LogP contribution is -2.40. The molecular formula is C18H29N3O. The van der Waals surface area contributed by atoms with Gasteiger partial charge < -0.3 is 11.1 Å². The average Bonchev–Trinajstić information content (AvgIpc) is 2.49.